The smallest absolute Gasteiger partial charge is 0.235 e. The van der Waals surface area contributed by atoms with Gasteiger partial charge in [0.25, 0.3) is 0 Å². The summed E-state index contributed by atoms with van der Waals surface area (Å²) < 4.78 is 25.3. The molecule has 1 amide bonds. The van der Waals surface area contributed by atoms with Gasteiger partial charge in [0.2, 0.25) is 15.9 Å². The van der Waals surface area contributed by atoms with Crippen molar-refractivity contribution in [2.45, 2.75) is 32.1 Å². The molecular weight excluding hydrogens is 326 g/mol. The topological polar surface area (TPSA) is 78.5 Å². The molecule has 0 spiro atoms. The molecule has 1 aromatic carbocycles. The maximum Gasteiger partial charge on any atom is 0.235 e. The second kappa shape index (κ2) is 7.53. The molecule has 132 valence electrons. The molecule has 2 aliphatic heterocycles. The zero-order valence-electron chi connectivity index (χ0n) is 13.8. The maximum absolute atomic E-state index is 12.1. The molecule has 3 rings (SSSR count). The summed E-state index contributed by atoms with van der Waals surface area (Å²) in [6.07, 6.45) is 4.42. The van der Waals surface area contributed by atoms with Gasteiger partial charge in [-0.15, -0.1) is 0 Å². The average molecular weight is 351 g/mol. The molecule has 2 fully saturated rings. The van der Waals surface area contributed by atoms with Gasteiger partial charge in [-0.05, 0) is 69.0 Å². The summed E-state index contributed by atoms with van der Waals surface area (Å²) in [5.74, 6) is 0.872. The van der Waals surface area contributed by atoms with Gasteiger partial charge < -0.3 is 10.6 Å². The summed E-state index contributed by atoms with van der Waals surface area (Å²) in [4.78, 5) is 12.1. The van der Waals surface area contributed by atoms with Crippen LogP contribution in [0.4, 0.5) is 11.4 Å². The molecule has 1 aromatic rings. The molecule has 6 nitrogen and oxygen atoms in total. The number of hydrogen-bond acceptors (Lipinski definition) is 4. The van der Waals surface area contributed by atoms with E-state index in [9.17, 15) is 13.2 Å². The van der Waals surface area contributed by atoms with E-state index in [4.69, 9.17) is 0 Å². The number of carbonyl (C=O) groups is 1. The number of sulfonamides is 1. The second-order valence-corrected chi connectivity index (χ2v) is 8.58. The lowest BCUT2D eigenvalue weighted by molar-refractivity contribution is -0.116. The van der Waals surface area contributed by atoms with Crippen molar-refractivity contribution in [2.24, 2.45) is 5.92 Å². The van der Waals surface area contributed by atoms with E-state index in [1.54, 1.807) is 24.3 Å². The highest BCUT2D eigenvalue weighted by Crippen LogP contribution is 2.25. The molecule has 2 N–H and O–H groups in total. The third-order valence-corrected chi connectivity index (χ3v) is 6.65. The Morgan fingerprint density at radius 3 is 2.54 bits per heavy atom. The first-order valence-corrected chi connectivity index (χ1v) is 10.3. The molecule has 0 bridgehead atoms. The third-order valence-electron chi connectivity index (χ3n) is 4.78. The lowest BCUT2D eigenvalue weighted by atomic mass is 9.93. The molecule has 0 radical (unpaired) electrons. The fraction of sp³-hybridized carbons (Fsp3) is 0.588. The number of rotatable bonds is 5. The van der Waals surface area contributed by atoms with Gasteiger partial charge in [-0.3, -0.25) is 9.10 Å². The van der Waals surface area contributed by atoms with E-state index in [0.717, 1.165) is 32.4 Å². The molecule has 0 atom stereocenters. The summed E-state index contributed by atoms with van der Waals surface area (Å²) >= 11 is 0. The van der Waals surface area contributed by atoms with Gasteiger partial charge in [0.05, 0.1) is 11.4 Å². The van der Waals surface area contributed by atoms with Crippen molar-refractivity contribution in [1.29, 1.82) is 0 Å². The number of nitrogens with one attached hydrogen (secondary N) is 2. The Morgan fingerprint density at radius 2 is 1.92 bits per heavy atom. The van der Waals surface area contributed by atoms with E-state index in [2.05, 4.69) is 10.6 Å². The van der Waals surface area contributed by atoms with E-state index in [1.165, 1.54) is 4.31 Å². The first-order valence-electron chi connectivity index (χ1n) is 8.66. The maximum atomic E-state index is 12.1. The van der Waals surface area contributed by atoms with Crippen LogP contribution in [0.25, 0.3) is 0 Å². The van der Waals surface area contributed by atoms with Crippen LogP contribution in [-0.4, -0.2) is 39.7 Å². The summed E-state index contributed by atoms with van der Waals surface area (Å²) in [5.41, 5.74) is 1.38. The first-order chi connectivity index (χ1) is 11.5. The van der Waals surface area contributed by atoms with Crippen LogP contribution in [0.1, 0.15) is 32.1 Å². The normalized spacial score (nSPS) is 20.9. The number of hydrogen-bond donors (Lipinski definition) is 2. The SMILES string of the molecule is O=C(CCC1CCNCC1)Nc1ccc(N2CCCS2(=O)=O)cc1. The molecule has 2 aliphatic rings. The molecule has 2 heterocycles. The van der Waals surface area contributed by atoms with Crippen LogP contribution in [-0.2, 0) is 14.8 Å². The molecule has 0 unspecified atom stereocenters. The van der Waals surface area contributed by atoms with Crippen molar-refractivity contribution in [2.75, 3.05) is 35.0 Å². The quantitative estimate of drug-likeness (QED) is 0.850. The fourth-order valence-corrected chi connectivity index (χ4v) is 4.93. The van der Waals surface area contributed by atoms with Crippen LogP contribution in [0.15, 0.2) is 24.3 Å². The second-order valence-electron chi connectivity index (χ2n) is 6.57. The lowest BCUT2D eigenvalue weighted by Gasteiger charge is -2.22. The number of anilines is 2. The highest BCUT2D eigenvalue weighted by atomic mass is 32.2. The van der Waals surface area contributed by atoms with Crippen LogP contribution in [0.3, 0.4) is 0 Å². The van der Waals surface area contributed by atoms with Gasteiger partial charge in [-0.25, -0.2) is 8.42 Å². The van der Waals surface area contributed by atoms with Crippen LogP contribution in [0, 0.1) is 5.92 Å². The average Bonchev–Trinajstić information content (AvgIpc) is 2.94. The van der Waals surface area contributed by atoms with E-state index < -0.39 is 10.0 Å². The Kier molecular flexibility index (Phi) is 5.40. The highest BCUT2D eigenvalue weighted by Gasteiger charge is 2.28. The summed E-state index contributed by atoms with van der Waals surface area (Å²) in [7, 11) is -3.16. The van der Waals surface area contributed by atoms with Gasteiger partial charge in [0, 0.05) is 18.7 Å². The van der Waals surface area contributed by atoms with Gasteiger partial charge in [0.15, 0.2) is 0 Å². The van der Waals surface area contributed by atoms with E-state index in [0.29, 0.717) is 36.7 Å². The van der Waals surface area contributed by atoms with Gasteiger partial charge in [0.1, 0.15) is 0 Å². The largest absolute Gasteiger partial charge is 0.326 e. The Balaban J connectivity index is 1.51. The molecular formula is C17H25N3O3S. The molecule has 2 saturated heterocycles. The fourth-order valence-electron chi connectivity index (χ4n) is 3.37. The van der Waals surface area contributed by atoms with Crippen molar-refractivity contribution < 1.29 is 13.2 Å². The molecule has 0 aromatic heterocycles. The minimum absolute atomic E-state index is 0.0232. The van der Waals surface area contributed by atoms with E-state index in [1.807, 2.05) is 0 Å². The molecule has 0 saturated carbocycles. The zero-order chi connectivity index (χ0) is 17.0. The monoisotopic (exact) mass is 351 g/mol. The molecule has 0 aliphatic carbocycles. The Hall–Kier alpha value is -1.60. The Bertz CT molecular complexity index is 667. The minimum atomic E-state index is -3.16. The predicted molar refractivity (Wildman–Crippen MR) is 95.6 cm³/mol. The summed E-state index contributed by atoms with van der Waals surface area (Å²) in [6, 6.07) is 7.05. The first kappa shape index (κ1) is 17.2. The number of nitrogens with zero attached hydrogens (tertiary/aromatic N) is 1. The van der Waals surface area contributed by atoms with E-state index in [-0.39, 0.29) is 11.7 Å². The molecule has 24 heavy (non-hydrogen) atoms. The van der Waals surface area contributed by atoms with Gasteiger partial charge in [-0.1, -0.05) is 0 Å². The van der Waals surface area contributed by atoms with Crippen molar-refractivity contribution in [3.63, 3.8) is 0 Å². The van der Waals surface area contributed by atoms with Crippen molar-refractivity contribution in [3.8, 4) is 0 Å². The third kappa shape index (κ3) is 4.27. The highest BCUT2D eigenvalue weighted by molar-refractivity contribution is 7.93. The number of carbonyl (C=O) groups excluding carboxylic acids is 1. The van der Waals surface area contributed by atoms with Crippen molar-refractivity contribution in [1.82, 2.24) is 5.32 Å². The minimum Gasteiger partial charge on any atom is -0.326 e. The van der Waals surface area contributed by atoms with Crippen molar-refractivity contribution in [3.05, 3.63) is 24.3 Å². The summed E-state index contributed by atoms with van der Waals surface area (Å²) in [5, 5.41) is 6.23. The lowest BCUT2D eigenvalue weighted by Crippen LogP contribution is -2.28. The summed E-state index contributed by atoms with van der Waals surface area (Å²) in [6.45, 7) is 2.63. The van der Waals surface area contributed by atoms with Gasteiger partial charge in [-0.2, -0.15) is 0 Å². The van der Waals surface area contributed by atoms with Crippen LogP contribution < -0.4 is 14.9 Å². The standard InChI is InChI=1S/C17H25N3O3S/c21-17(7-2-14-8-10-18-11-9-14)19-15-3-5-16(6-4-15)20-12-1-13-24(20,22)23/h3-6,14,18H,1-2,7-13H2,(H,19,21). The number of piperidine rings is 1. The van der Waals surface area contributed by atoms with Crippen LogP contribution in [0.5, 0.6) is 0 Å². The van der Waals surface area contributed by atoms with Crippen LogP contribution >= 0.6 is 0 Å². The van der Waals surface area contributed by atoms with Crippen molar-refractivity contribution >= 4 is 27.3 Å². The molecule has 7 heteroatoms. The van der Waals surface area contributed by atoms with Crippen LogP contribution in [0.2, 0.25) is 0 Å². The Morgan fingerprint density at radius 1 is 1.21 bits per heavy atom. The van der Waals surface area contributed by atoms with Gasteiger partial charge >= 0.3 is 0 Å². The number of amides is 1. The Labute approximate surface area is 143 Å². The predicted octanol–water partition coefficient (Wildman–Crippen LogP) is 1.94. The van der Waals surface area contributed by atoms with E-state index >= 15 is 0 Å². The zero-order valence-corrected chi connectivity index (χ0v) is 14.6. The number of benzene rings is 1.